The topological polar surface area (TPSA) is 99.4 Å². The van der Waals surface area contributed by atoms with Crippen LogP contribution in [-0.4, -0.2) is 51.2 Å². The van der Waals surface area contributed by atoms with Crippen molar-refractivity contribution >= 4 is 5.91 Å². The van der Waals surface area contributed by atoms with Crippen LogP contribution in [0.1, 0.15) is 30.9 Å². The number of aliphatic hydroxyl groups is 2. The van der Waals surface area contributed by atoms with E-state index in [1.165, 1.54) is 19.1 Å². The van der Waals surface area contributed by atoms with Crippen LogP contribution in [0, 0.1) is 17.6 Å². The molecule has 0 saturated heterocycles. The van der Waals surface area contributed by atoms with Crippen molar-refractivity contribution in [3.05, 3.63) is 83.7 Å². The molecule has 1 fully saturated rings. The molecule has 2 aromatic carbocycles. The van der Waals surface area contributed by atoms with Gasteiger partial charge in [-0.2, -0.15) is 5.10 Å². The maximum atomic E-state index is 13.7. The molecule has 186 valence electrons. The molecule has 1 saturated carbocycles. The summed E-state index contributed by atoms with van der Waals surface area (Å²) in [7, 11) is 0. The number of hydrogen-bond donors (Lipinski definition) is 4. The van der Waals surface area contributed by atoms with Gasteiger partial charge >= 0.3 is 0 Å². The Labute approximate surface area is 202 Å². The molecule has 1 aromatic heterocycles. The zero-order valence-corrected chi connectivity index (χ0v) is 19.5. The van der Waals surface area contributed by atoms with Crippen LogP contribution in [0.2, 0.25) is 0 Å². The van der Waals surface area contributed by atoms with Gasteiger partial charge in [0.05, 0.1) is 17.8 Å². The summed E-state index contributed by atoms with van der Waals surface area (Å²) >= 11 is 0. The van der Waals surface area contributed by atoms with E-state index in [0.717, 1.165) is 23.7 Å². The highest BCUT2D eigenvalue weighted by molar-refractivity contribution is 5.73. The molecule has 35 heavy (non-hydrogen) atoms. The lowest BCUT2D eigenvalue weighted by atomic mass is 9.97. The van der Waals surface area contributed by atoms with E-state index < -0.39 is 29.3 Å². The van der Waals surface area contributed by atoms with Crippen LogP contribution in [0.15, 0.2) is 60.9 Å². The zero-order valence-electron chi connectivity index (χ0n) is 19.5. The van der Waals surface area contributed by atoms with Gasteiger partial charge in [0.25, 0.3) is 0 Å². The van der Waals surface area contributed by atoms with Crippen LogP contribution in [0.4, 0.5) is 8.78 Å². The van der Waals surface area contributed by atoms with Crippen molar-refractivity contribution in [1.29, 1.82) is 0 Å². The molecule has 4 atom stereocenters. The van der Waals surface area contributed by atoms with Gasteiger partial charge in [-0.15, -0.1) is 0 Å². The summed E-state index contributed by atoms with van der Waals surface area (Å²) in [5.74, 6) is -1.61. The third-order valence-corrected chi connectivity index (χ3v) is 6.57. The number of hydrogen-bond acceptors (Lipinski definition) is 5. The molecule has 0 spiro atoms. The Hall–Kier alpha value is -3.14. The first-order valence-corrected chi connectivity index (χ1v) is 11.7. The van der Waals surface area contributed by atoms with Crippen molar-refractivity contribution < 1.29 is 23.8 Å². The second-order valence-electron chi connectivity index (χ2n) is 9.12. The number of benzene rings is 2. The summed E-state index contributed by atoms with van der Waals surface area (Å²) in [5, 5.41) is 31.0. The number of halogens is 2. The minimum Gasteiger partial charge on any atom is -0.396 e. The van der Waals surface area contributed by atoms with E-state index >= 15 is 0 Å². The normalized spacial score (nSPS) is 20.9. The summed E-state index contributed by atoms with van der Waals surface area (Å²) in [4.78, 5) is 11.8. The Kier molecular flexibility index (Phi) is 7.59. The lowest BCUT2D eigenvalue weighted by molar-refractivity contribution is -0.120. The molecule has 7 nitrogen and oxygen atoms in total. The van der Waals surface area contributed by atoms with Crippen molar-refractivity contribution in [2.24, 2.45) is 5.92 Å². The number of carbonyl (C=O) groups is 1. The second kappa shape index (κ2) is 10.6. The second-order valence-corrected chi connectivity index (χ2v) is 9.12. The average Bonchev–Trinajstić information content (AvgIpc) is 3.23. The lowest BCUT2D eigenvalue weighted by Crippen LogP contribution is -2.50. The average molecular weight is 485 g/mol. The highest BCUT2D eigenvalue weighted by Crippen LogP contribution is 2.54. The van der Waals surface area contributed by atoms with Crippen LogP contribution in [0.25, 0.3) is 5.69 Å². The monoisotopic (exact) mass is 484 g/mol. The maximum absolute atomic E-state index is 13.7. The van der Waals surface area contributed by atoms with Crippen LogP contribution >= 0.6 is 0 Å². The van der Waals surface area contributed by atoms with Crippen LogP contribution in [0.3, 0.4) is 0 Å². The van der Waals surface area contributed by atoms with E-state index in [1.54, 1.807) is 10.9 Å². The van der Waals surface area contributed by atoms with Crippen LogP contribution < -0.4 is 10.6 Å². The van der Waals surface area contributed by atoms with Gasteiger partial charge in [-0.25, -0.2) is 13.5 Å². The number of aliphatic hydroxyl groups excluding tert-OH is 2. The quantitative estimate of drug-likeness (QED) is 0.335. The molecule has 4 rings (SSSR count). The first-order chi connectivity index (χ1) is 16.8. The molecular weight excluding hydrogens is 454 g/mol. The Morgan fingerprint density at radius 2 is 2.00 bits per heavy atom. The third kappa shape index (κ3) is 5.93. The van der Waals surface area contributed by atoms with Crippen molar-refractivity contribution in [3.63, 3.8) is 0 Å². The fraction of sp³-hybridized carbons (Fsp3) is 0.385. The van der Waals surface area contributed by atoms with Crippen molar-refractivity contribution in [1.82, 2.24) is 20.4 Å². The predicted molar refractivity (Wildman–Crippen MR) is 127 cm³/mol. The zero-order chi connectivity index (χ0) is 25.0. The molecule has 0 bridgehead atoms. The van der Waals surface area contributed by atoms with Crippen molar-refractivity contribution in [2.45, 2.75) is 43.9 Å². The van der Waals surface area contributed by atoms with Gasteiger partial charge in [0.15, 0.2) is 0 Å². The van der Waals surface area contributed by atoms with Crippen molar-refractivity contribution in [2.75, 3.05) is 13.2 Å². The molecule has 9 heteroatoms. The Bertz CT molecular complexity index is 1140. The largest absolute Gasteiger partial charge is 0.396 e. The molecule has 1 aliphatic rings. The minimum absolute atomic E-state index is 0.0507. The molecule has 1 aliphatic carbocycles. The summed E-state index contributed by atoms with van der Waals surface area (Å²) in [6, 6.07) is 12.2. The summed E-state index contributed by atoms with van der Waals surface area (Å²) in [6.45, 7) is 1.52. The number of aromatic nitrogens is 2. The Morgan fingerprint density at radius 3 is 2.66 bits per heavy atom. The van der Waals surface area contributed by atoms with E-state index in [0.29, 0.717) is 12.0 Å². The van der Waals surface area contributed by atoms with E-state index in [9.17, 15) is 23.8 Å². The minimum atomic E-state index is -1.02. The van der Waals surface area contributed by atoms with Crippen LogP contribution in [0.5, 0.6) is 0 Å². The van der Waals surface area contributed by atoms with Gasteiger partial charge in [0, 0.05) is 44.1 Å². The fourth-order valence-electron chi connectivity index (χ4n) is 4.81. The maximum Gasteiger partial charge on any atom is 0.217 e. The fourth-order valence-corrected chi connectivity index (χ4v) is 4.81. The number of nitrogens with one attached hydrogen (secondary N) is 2. The van der Waals surface area contributed by atoms with Gasteiger partial charge in [-0.1, -0.05) is 12.1 Å². The first-order valence-electron chi connectivity index (χ1n) is 11.7. The van der Waals surface area contributed by atoms with Crippen molar-refractivity contribution in [3.8, 4) is 5.69 Å². The van der Waals surface area contributed by atoms with Gasteiger partial charge in [-0.3, -0.25) is 4.79 Å². The Balaban J connectivity index is 1.52. The number of carbonyl (C=O) groups excluding carboxylic acids is 1. The van der Waals surface area contributed by atoms with E-state index in [2.05, 4.69) is 15.7 Å². The van der Waals surface area contributed by atoms with E-state index in [-0.39, 0.29) is 31.4 Å². The number of amides is 1. The first kappa shape index (κ1) is 25.0. The molecule has 0 radical (unpaired) electrons. The van der Waals surface area contributed by atoms with E-state index in [4.69, 9.17) is 0 Å². The molecule has 1 amide bonds. The highest BCUT2D eigenvalue weighted by Gasteiger charge is 2.54. The van der Waals surface area contributed by atoms with Gasteiger partial charge < -0.3 is 20.8 Å². The third-order valence-electron chi connectivity index (χ3n) is 6.57. The lowest BCUT2D eigenvalue weighted by Gasteiger charge is -2.28. The molecule has 4 N–H and O–H groups in total. The number of rotatable bonds is 11. The standard InChI is InChI=1S/C26H30F2N4O3/c1-17(34)31-24(12-18-10-21(27)14-22(28)11-18)25(35)16-29-26(15-20(26)6-9-33)19-4-2-5-23(13-19)32-8-3-7-30-32/h2-5,7-8,10-11,13-14,20,24-25,29,33,35H,6,9,12,15-16H2,1H3,(H,31,34). The van der Waals surface area contributed by atoms with Gasteiger partial charge in [-0.05, 0) is 66.6 Å². The summed E-state index contributed by atoms with van der Waals surface area (Å²) in [6.07, 6.45) is 3.99. The van der Waals surface area contributed by atoms with Crippen LogP contribution in [-0.2, 0) is 16.8 Å². The molecule has 0 aliphatic heterocycles. The van der Waals surface area contributed by atoms with Gasteiger partial charge in [0.2, 0.25) is 5.91 Å². The predicted octanol–water partition coefficient (Wildman–Crippen LogP) is 2.45. The Morgan fingerprint density at radius 1 is 1.23 bits per heavy atom. The van der Waals surface area contributed by atoms with Gasteiger partial charge in [0.1, 0.15) is 11.6 Å². The molecule has 4 unspecified atom stereocenters. The number of nitrogens with zero attached hydrogens (tertiary/aromatic N) is 2. The molecular formula is C26H30F2N4O3. The van der Waals surface area contributed by atoms with E-state index in [1.807, 2.05) is 36.5 Å². The molecule has 3 aromatic rings. The molecule has 1 heterocycles. The smallest absolute Gasteiger partial charge is 0.217 e. The highest BCUT2D eigenvalue weighted by atomic mass is 19.1. The summed E-state index contributed by atoms with van der Waals surface area (Å²) < 4.78 is 29.1. The SMILES string of the molecule is CC(=O)NC(Cc1cc(F)cc(F)c1)C(O)CNC1(c2cccc(-n3cccn3)c2)CC1CCO. The summed E-state index contributed by atoms with van der Waals surface area (Å²) in [5.41, 5.74) is 1.80.